The highest BCUT2D eigenvalue weighted by Crippen LogP contribution is 2.23. The predicted octanol–water partition coefficient (Wildman–Crippen LogP) is 4.72. The molecule has 24 heavy (non-hydrogen) atoms. The van der Waals surface area contributed by atoms with Crippen molar-refractivity contribution in [3.05, 3.63) is 79.1 Å². The van der Waals surface area contributed by atoms with E-state index in [-0.39, 0.29) is 0 Å². The van der Waals surface area contributed by atoms with Gasteiger partial charge in [0.05, 0.1) is 19.4 Å². The fourth-order valence-corrected chi connectivity index (χ4v) is 2.10. The van der Waals surface area contributed by atoms with Gasteiger partial charge in [-0.1, -0.05) is 18.2 Å². The molecule has 4 nitrogen and oxygen atoms in total. The molecule has 3 aromatic rings. The molecule has 1 aromatic heterocycles. The van der Waals surface area contributed by atoms with Gasteiger partial charge in [0.2, 0.25) is 0 Å². The van der Waals surface area contributed by atoms with Crippen LogP contribution in [0.1, 0.15) is 6.42 Å². The molecule has 0 aliphatic carbocycles. The smallest absolute Gasteiger partial charge is 0.137 e. The van der Waals surface area contributed by atoms with E-state index in [1.54, 1.807) is 12.4 Å². The van der Waals surface area contributed by atoms with Gasteiger partial charge in [-0.3, -0.25) is 4.98 Å². The van der Waals surface area contributed by atoms with E-state index in [4.69, 9.17) is 14.2 Å². The molecule has 0 amide bonds. The van der Waals surface area contributed by atoms with Gasteiger partial charge >= 0.3 is 0 Å². The summed E-state index contributed by atoms with van der Waals surface area (Å²) >= 11 is 0. The van der Waals surface area contributed by atoms with E-state index >= 15 is 0 Å². The maximum atomic E-state index is 5.74. The van der Waals surface area contributed by atoms with Crippen LogP contribution in [-0.4, -0.2) is 18.2 Å². The zero-order valence-corrected chi connectivity index (χ0v) is 13.3. The Morgan fingerprint density at radius 3 is 1.96 bits per heavy atom. The summed E-state index contributed by atoms with van der Waals surface area (Å²) in [4.78, 5) is 4.00. The molecular formula is C20H19NO3. The van der Waals surface area contributed by atoms with Gasteiger partial charge in [0, 0.05) is 12.6 Å². The van der Waals surface area contributed by atoms with Crippen LogP contribution in [0, 0.1) is 0 Å². The average molecular weight is 321 g/mol. The van der Waals surface area contributed by atoms with Gasteiger partial charge in [-0.15, -0.1) is 0 Å². The Morgan fingerprint density at radius 1 is 0.625 bits per heavy atom. The Labute approximate surface area is 141 Å². The van der Waals surface area contributed by atoms with E-state index in [1.807, 2.05) is 66.7 Å². The van der Waals surface area contributed by atoms with Crippen molar-refractivity contribution < 1.29 is 14.2 Å². The van der Waals surface area contributed by atoms with Gasteiger partial charge in [0.1, 0.15) is 23.0 Å². The zero-order chi connectivity index (χ0) is 16.5. The standard InChI is InChI=1S/C20H19NO3/c1-2-6-18(7-3-1)24-19-11-9-17(10-12-19)22-14-5-15-23-20-8-4-13-21-16-20/h1-4,6-13,16H,5,14-15H2. The Balaban J connectivity index is 1.38. The first-order valence-electron chi connectivity index (χ1n) is 7.89. The highest BCUT2D eigenvalue weighted by atomic mass is 16.5. The fraction of sp³-hybridized carbons (Fsp3) is 0.150. The second kappa shape index (κ2) is 8.58. The maximum Gasteiger partial charge on any atom is 0.137 e. The Bertz CT molecular complexity index is 715. The lowest BCUT2D eigenvalue weighted by molar-refractivity contribution is 0.247. The topological polar surface area (TPSA) is 40.6 Å². The number of aromatic nitrogens is 1. The van der Waals surface area contributed by atoms with Crippen molar-refractivity contribution >= 4 is 0 Å². The molecular weight excluding hydrogens is 302 g/mol. The molecule has 0 atom stereocenters. The summed E-state index contributed by atoms with van der Waals surface area (Å²) in [5, 5.41) is 0. The van der Waals surface area contributed by atoms with Gasteiger partial charge in [0.25, 0.3) is 0 Å². The average Bonchev–Trinajstić information content (AvgIpc) is 2.65. The summed E-state index contributed by atoms with van der Waals surface area (Å²) in [6, 6.07) is 21.0. The van der Waals surface area contributed by atoms with Gasteiger partial charge in [-0.25, -0.2) is 0 Å². The molecule has 3 rings (SSSR count). The monoisotopic (exact) mass is 321 g/mol. The third-order valence-corrected chi connectivity index (χ3v) is 3.26. The van der Waals surface area contributed by atoms with Crippen molar-refractivity contribution in [2.45, 2.75) is 6.42 Å². The summed E-state index contributed by atoms with van der Waals surface area (Å²) in [7, 11) is 0. The molecule has 0 saturated carbocycles. The zero-order valence-electron chi connectivity index (χ0n) is 13.3. The molecule has 0 bridgehead atoms. The number of rotatable bonds is 8. The van der Waals surface area contributed by atoms with Crippen LogP contribution in [0.4, 0.5) is 0 Å². The van der Waals surface area contributed by atoms with Crippen molar-refractivity contribution in [3.8, 4) is 23.0 Å². The minimum absolute atomic E-state index is 0.596. The number of hydrogen-bond donors (Lipinski definition) is 0. The summed E-state index contributed by atoms with van der Waals surface area (Å²) in [5.74, 6) is 3.20. The van der Waals surface area contributed by atoms with E-state index in [0.29, 0.717) is 13.2 Å². The summed E-state index contributed by atoms with van der Waals surface area (Å²) in [6.07, 6.45) is 4.23. The van der Waals surface area contributed by atoms with Crippen LogP contribution in [0.3, 0.4) is 0 Å². The molecule has 2 aromatic carbocycles. The summed E-state index contributed by atoms with van der Waals surface area (Å²) < 4.78 is 17.0. The van der Waals surface area contributed by atoms with Gasteiger partial charge in [-0.05, 0) is 48.5 Å². The van der Waals surface area contributed by atoms with Crippen molar-refractivity contribution in [1.82, 2.24) is 4.98 Å². The second-order valence-corrected chi connectivity index (χ2v) is 5.13. The van der Waals surface area contributed by atoms with E-state index < -0.39 is 0 Å². The van der Waals surface area contributed by atoms with Crippen LogP contribution in [-0.2, 0) is 0 Å². The van der Waals surface area contributed by atoms with Crippen LogP contribution in [0.25, 0.3) is 0 Å². The SMILES string of the molecule is c1ccc(Oc2ccc(OCCCOc3cccnc3)cc2)cc1. The lowest BCUT2D eigenvalue weighted by Gasteiger charge is -2.09. The van der Waals surface area contributed by atoms with E-state index in [9.17, 15) is 0 Å². The number of benzene rings is 2. The highest BCUT2D eigenvalue weighted by molar-refractivity contribution is 5.35. The number of pyridine rings is 1. The Hall–Kier alpha value is -3.01. The number of para-hydroxylation sites is 1. The molecule has 0 radical (unpaired) electrons. The number of ether oxygens (including phenoxy) is 3. The fourth-order valence-electron chi connectivity index (χ4n) is 2.10. The normalized spacial score (nSPS) is 10.2. The van der Waals surface area contributed by atoms with Gasteiger partial charge < -0.3 is 14.2 Å². The van der Waals surface area contributed by atoms with Crippen LogP contribution in [0.5, 0.6) is 23.0 Å². The molecule has 0 aliphatic rings. The van der Waals surface area contributed by atoms with Crippen LogP contribution >= 0.6 is 0 Å². The van der Waals surface area contributed by atoms with E-state index in [0.717, 1.165) is 29.4 Å². The molecule has 0 aliphatic heterocycles. The molecule has 1 heterocycles. The summed E-state index contributed by atoms with van der Waals surface area (Å²) in [6.45, 7) is 1.19. The quantitative estimate of drug-likeness (QED) is 0.563. The third-order valence-electron chi connectivity index (χ3n) is 3.26. The van der Waals surface area contributed by atoms with Crippen molar-refractivity contribution in [2.24, 2.45) is 0 Å². The minimum Gasteiger partial charge on any atom is -0.493 e. The molecule has 0 spiro atoms. The first-order chi connectivity index (χ1) is 11.9. The van der Waals surface area contributed by atoms with Crippen LogP contribution < -0.4 is 14.2 Å². The van der Waals surface area contributed by atoms with Crippen LogP contribution in [0.15, 0.2) is 79.1 Å². The summed E-state index contributed by atoms with van der Waals surface area (Å²) in [5.41, 5.74) is 0. The minimum atomic E-state index is 0.596. The second-order valence-electron chi connectivity index (χ2n) is 5.13. The first kappa shape index (κ1) is 15.9. The largest absolute Gasteiger partial charge is 0.493 e. The molecule has 0 N–H and O–H groups in total. The molecule has 0 saturated heterocycles. The van der Waals surface area contributed by atoms with Gasteiger partial charge in [0.15, 0.2) is 0 Å². The van der Waals surface area contributed by atoms with Crippen molar-refractivity contribution in [3.63, 3.8) is 0 Å². The first-order valence-corrected chi connectivity index (χ1v) is 7.89. The molecule has 4 heteroatoms. The lowest BCUT2D eigenvalue weighted by atomic mass is 10.3. The van der Waals surface area contributed by atoms with Gasteiger partial charge in [-0.2, -0.15) is 0 Å². The van der Waals surface area contributed by atoms with Crippen molar-refractivity contribution in [2.75, 3.05) is 13.2 Å². The molecule has 0 fully saturated rings. The number of hydrogen-bond acceptors (Lipinski definition) is 4. The molecule has 0 unspecified atom stereocenters. The number of nitrogens with zero attached hydrogens (tertiary/aromatic N) is 1. The lowest BCUT2D eigenvalue weighted by Crippen LogP contribution is -2.05. The van der Waals surface area contributed by atoms with Crippen LogP contribution in [0.2, 0.25) is 0 Å². The van der Waals surface area contributed by atoms with Crippen molar-refractivity contribution in [1.29, 1.82) is 0 Å². The molecule has 122 valence electrons. The van der Waals surface area contributed by atoms with E-state index in [2.05, 4.69) is 4.98 Å². The maximum absolute atomic E-state index is 5.74. The third kappa shape index (κ3) is 5.02. The predicted molar refractivity (Wildman–Crippen MR) is 92.8 cm³/mol. The van der Waals surface area contributed by atoms with E-state index in [1.165, 1.54) is 0 Å². The Kier molecular flexibility index (Phi) is 5.67. The Morgan fingerprint density at radius 2 is 1.25 bits per heavy atom. The highest BCUT2D eigenvalue weighted by Gasteiger charge is 1.99.